The summed E-state index contributed by atoms with van der Waals surface area (Å²) in [6.45, 7) is 10.3. The van der Waals surface area contributed by atoms with E-state index in [1.165, 1.54) is 6.20 Å². The highest BCUT2D eigenvalue weighted by molar-refractivity contribution is 7.89. The highest BCUT2D eigenvalue weighted by Crippen LogP contribution is 2.08. The Labute approximate surface area is 128 Å². The molecule has 7 heteroatoms. The Hall–Kier alpha value is -0.920. The van der Waals surface area contributed by atoms with Crippen LogP contribution in [0.1, 0.15) is 40.5 Å². The number of rotatable bonds is 10. The fourth-order valence-corrected chi connectivity index (χ4v) is 2.83. The molecule has 2 N–H and O–H groups in total. The predicted octanol–water partition coefficient (Wildman–Crippen LogP) is 1.60. The van der Waals surface area contributed by atoms with E-state index in [1.807, 2.05) is 13.8 Å². The quantitative estimate of drug-likeness (QED) is 0.643. The second-order valence-corrected chi connectivity index (χ2v) is 7.53. The Balaban J connectivity index is 2.49. The SMILES string of the molecule is CCC(C)CNS(=O)(=O)c1cnn(CCCNC(C)C)c1. The zero-order valence-electron chi connectivity index (χ0n) is 13.5. The molecule has 1 rings (SSSR count). The van der Waals surface area contributed by atoms with E-state index in [-0.39, 0.29) is 4.90 Å². The summed E-state index contributed by atoms with van der Waals surface area (Å²) < 4.78 is 28.5. The third kappa shape index (κ3) is 6.58. The zero-order valence-corrected chi connectivity index (χ0v) is 14.3. The van der Waals surface area contributed by atoms with Gasteiger partial charge in [-0.05, 0) is 18.9 Å². The number of hydrogen-bond donors (Lipinski definition) is 2. The van der Waals surface area contributed by atoms with Crippen LogP contribution >= 0.6 is 0 Å². The van der Waals surface area contributed by atoms with E-state index in [0.717, 1.165) is 19.4 Å². The first kappa shape index (κ1) is 18.1. The van der Waals surface area contributed by atoms with Gasteiger partial charge in [-0.25, -0.2) is 13.1 Å². The van der Waals surface area contributed by atoms with Crippen LogP contribution in [0.2, 0.25) is 0 Å². The van der Waals surface area contributed by atoms with Crippen LogP contribution in [-0.4, -0.2) is 37.3 Å². The maximum absolute atomic E-state index is 12.1. The summed E-state index contributed by atoms with van der Waals surface area (Å²) in [7, 11) is -3.44. The van der Waals surface area contributed by atoms with Crippen LogP contribution in [0.4, 0.5) is 0 Å². The average molecular weight is 316 g/mol. The second-order valence-electron chi connectivity index (χ2n) is 5.77. The predicted molar refractivity (Wildman–Crippen MR) is 84.6 cm³/mol. The monoisotopic (exact) mass is 316 g/mol. The van der Waals surface area contributed by atoms with Gasteiger partial charge in [0.1, 0.15) is 4.90 Å². The number of aromatic nitrogens is 2. The Morgan fingerprint density at radius 3 is 2.67 bits per heavy atom. The molecule has 0 radical (unpaired) electrons. The zero-order chi connectivity index (χ0) is 15.9. The van der Waals surface area contributed by atoms with Gasteiger partial charge < -0.3 is 5.32 Å². The van der Waals surface area contributed by atoms with E-state index in [4.69, 9.17) is 0 Å². The highest BCUT2D eigenvalue weighted by Gasteiger charge is 2.16. The Bertz CT molecular complexity index is 511. The van der Waals surface area contributed by atoms with Gasteiger partial charge in [-0.15, -0.1) is 0 Å². The van der Waals surface area contributed by atoms with Crippen molar-refractivity contribution in [2.75, 3.05) is 13.1 Å². The molecule has 1 heterocycles. The van der Waals surface area contributed by atoms with Gasteiger partial charge >= 0.3 is 0 Å². The van der Waals surface area contributed by atoms with E-state index in [9.17, 15) is 8.42 Å². The van der Waals surface area contributed by atoms with Crippen molar-refractivity contribution in [3.8, 4) is 0 Å². The molecule has 122 valence electrons. The standard InChI is InChI=1S/C14H28N4O2S/c1-5-13(4)9-17-21(19,20)14-10-16-18(11-14)8-6-7-15-12(2)3/h10-13,15,17H,5-9H2,1-4H3. The minimum atomic E-state index is -3.44. The van der Waals surface area contributed by atoms with Crippen LogP contribution in [-0.2, 0) is 16.6 Å². The lowest BCUT2D eigenvalue weighted by Crippen LogP contribution is -2.28. The fraction of sp³-hybridized carbons (Fsp3) is 0.786. The molecule has 0 aliphatic heterocycles. The molecule has 1 atom stereocenters. The topological polar surface area (TPSA) is 76.0 Å². The first-order chi connectivity index (χ1) is 9.85. The molecule has 0 saturated heterocycles. The molecular weight excluding hydrogens is 288 g/mol. The molecule has 0 spiro atoms. The minimum absolute atomic E-state index is 0.239. The van der Waals surface area contributed by atoms with Crippen LogP contribution < -0.4 is 10.0 Å². The summed E-state index contributed by atoms with van der Waals surface area (Å²) in [5.41, 5.74) is 0. The fourth-order valence-electron chi connectivity index (χ4n) is 1.72. The summed E-state index contributed by atoms with van der Waals surface area (Å²) in [5.74, 6) is 0.330. The van der Waals surface area contributed by atoms with Gasteiger partial charge in [0.25, 0.3) is 0 Å². The normalized spacial score (nSPS) is 13.8. The number of hydrogen-bond acceptors (Lipinski definition) is 4. The summed E-state index contributed by atoms with van der Waals surface area (Å²) in [6, 6.07) is 0.461. The smallest absolute Gasteiger partial charge is 0.243 e. The van der Waals surface area contributed by atoms with Crippen LogP contribution in [0.25, 0.3) is 0 Å². The minimum Gasteiger partial charge on any atom is -0.314 e. The van der Waals surface area contributed by atoms with Crippen molar-refractivity contribution in [1.29, 1.82) is 0 Å². The van der Waals surface area contributed by atoms with Crippen LogP contribution in [0.15, 0.2) is 17.3 Å². The van der Waals surface area contributed by atoms with Crippen molar-refractivity contribution in [3.63, 3.8) is 0 Å². The van der Waals surface area contributed by atoms with E-state index in [2.05, 4.69) is 29.0 Å². The Kier molecular flexibility index (Phi) is 7.34. The molecule has 6 nitrogen and oxygen atoms in total. The number of nitrogens with zero attached hydrogens (tertiary/aromatic N) is 2. The van der Waals surface area contributed by atoms with Crippen molar-refractivity contribution in [1.82, 2.24) is 19.8 Å². The van der Waals surface area contributed by atoms with Crippen molar-refractivity contribution in [2.24, 2.45) is 5.92 Å². The first-order valence-electron chi connectivity index (χ1n) is 7.60. The summed E-state index contributed by atoms with van der Waals surface area (Å²) in [6.07, 6.45) is 4.87. The molecule has 0 amide bonds. The van der Waals surface area contributed by atoms with Gasteiger partial charge in [-0.3, -0.25) is 4.68 Å². The molecule has 0 aliphatic rings. The molecule has 0 aromatic carbocycles. The van der Waals surface area contributed by atoms with E-state index < -0.39 is 10.0 Å². The summed E-state index contributed by atoms with van der Waals surface area (Å²) >= 11 is 0. The van der Waals surface area contributed by atoms with Crippen LogP contribution in [0, 0.1) is 5.92 Å². The van der Waals surface area contributed by atoms with Gasteiger partial charge in [0.2, 0.25) is 10.0 Å². The number of aryl methyl sites for hydroxylation is 1. The Morgan fingerprint density at radius 1 is 1.33 bits per heavy atom. The summed E-state index contributed by atoms with van der Waals surface area (Å²) in [5, 5.41) is 7.44. The van der Waals surface area contributed by atoms with Gasteiger partial charge in [0.15, 0.2) is 0 Å². The van der Waals surface area contributed by atoms with E-state index in [0.29, 0.717) is 25.0 Å². The maximum atomic E-state index is 12.1. The van der Waals surface area contributed by atoms with Gasteiger partial charge in [0, 0.05) is 25.3 Å². The third-order valence-electron chi connectivity index (χ3n) is 3.36. The molecule has 0 fully saturated rings. The Morgan fingerprint density at radius 2 is 2.05 bits per heavy atom. The third-order valence-corrected chi connectivity index (χ3v) is 4.73. The molecule has 21 heavy (non-hydrogen) atoms. The lowest BCUT2D eigenvalue weighted by Gasteiger charge is -2.09. The lowest BCUT2D eigenvalue weighted by atomic mass is 10.1. The molecule has 0 bridgehead atoms. The summed E-state index contributed by atoms with van der Waals surface area (Å²) in [4.78, 5) is 0.239. The van der Waals surface area contributed by atoms with Crippen molar-refractivity contribution in [3.05, 3.63) is 12.4 Å². The largest absolute Gasteiger partial charge is 0.314 e. The van der Waals surface area contributed by atoms with Gasteiger partial charge in [0.05, 0.1) is 6.20 Å². The molecule has 1 unspecified atom stereocenters. The molecule has 0 aliphatic carbocycles. The van der Waals surface area contributed by atoms with Crippen molar-refractivity contribution >= 4 is 10.0 Å². The van der Waals surface area contributed by atoms with Crippen LogP contribution in [0.5, 0.6) is 0 Å². The molecule has 1 aromatic heterocycles. The van der Waals surface area contributed by atoms with Crippen molar-refractivity contribution in [2.45, 2.75) is 58.0 Å². The van der Waals surface area contributed by atoms with Gasteiger partial charge in [-0.1, -0.05) is 34.1 Å². The van der Waals surface area contributed by atoms with Crippen LogP contribution in [0.3, 0.4) is 0 Å². The molecule has 0 saturated carbocycles. The second kappa shape index (κ2) is 8.51. The molecule has 1 aromatic rings. The number of sulfonamides is 1. The maximum Gasteiger partial charge on any atom is 0.243 e. The average Bonchev–Trinajstić information content (AvgIpc) is 2.90. The van der Waals surface area contributed by atoms with E-state index in [1.54, 1.807) is 10.9 Å². The number of nitrogens with one attached hydrogen (secondary N) is 2. The molecular formula is C14H28N4O2S. The highest BCUT2D eigenvalue weighted by atomic mass is 32.2. The lowest BCUT2D eigenvalue weighted by molar-refractivity contribution is 0.512. The first-order valence-corrected chi connectivity index (χ1v) is 9.09. The van der Waals surface area contributed by atoms with Crippen molar-refractivity contribution < 1.29 is 8.42 Å². The van der Waals surface area contributed by atoms with Gasteiger partial charge in [-0.2, -0.15) is 5.10 Å². The van der Waals surface area contributed by atoms with E-state index >= 15 is 0 Å².